The number of hydrogen-bond donors (Lipinski definition) is 0. The van der Waals surface area contributed by atoms with Crippen LogP contribution in [0.5, 0.6) is 0 Å². The number of esters is 1. The van der Waals surface area contributed by atoms with Crippen LogP contribution in [0.3, 0.4) is 0 Å². The predicted octanol–water partition coefficient (Wildman–Crippen LogP) is 4.59. The molecule has 2 aromatic rings. The highest BCUT2D eigenvalue weighted by molar-refractivity contribution is 5.89. The summed E-state index contributed by atoms with van der Waals surface area (Å²) in [4.78, 5) is 38.8. The van der Waals surface area contributed by atoms with E-state index in [2.05, 4.69) is 13.0 Å². The molecule has 0 saturated carbocycles. The second kappa shape index (κ2) is 11.4. The Balaban J connectivity index is 2.43. The van der Waals surface area contributed by atoms with E-state index < -0.39 is 22.9 Å². The Labute approximate surface area is 189 Å². The fraction of sp³-hybridized carbons (Fsp3) is 0.440. The van der Waals surface area contributed by atoms with Crippen LogP contribution in [0.15, 0.2) is 42.5 Å². The van der Waals surface area contributed by atoms with Crippen LogP contribution in [-0.4, -0.2) is 41.4 Å². The lowest BCUT2D eigenvalue weighted by molar-refractivity contribution is -0.385. The number of aryl methyl sites for hydroxylation is 2. The molecule has 2 aromatic carbocycles. The number of para-hydroxylation sites is 1. The lowest BCUT2D eigenvalue weighted by atomic mass is 9.94. The van der Waals surface area contributed by atoms with Crippen molar-refractivity contribution in [1.29, 1.82) is 0 Å². The highest BCUT2D eigenvalue weighted by Crippen LogP contribution is 2.29. The van der Waals surface area contributed by atoms with E-state index in [0.717, 1.165) is 17.5 Å². The molecule has 32 heavy (non-hydrogen) atoms. The number of hydrogen-bond acceptors (Lipinski definition) is 5. The van der Waals surface area contributed by atoms with Crippen LogP contribution in [-0.2, 0) is 27.2 Å². The van der Waals surface area contributed by atoms with Crippen LogP contribution in [0.2, 0.25) is 0 Å². The third-order valence-corrected chi connectivity index (χ3v) is 5.80. The van der Waals surface area contributed by atoms with Crippen LogP contribution in [0.1, 0.15) is 55.4 Å². The number of amides is 1. The first-order chi connectivity index (χ1) is 15.2. The zero-order valence-electron chi connectivity index (χ0n) is 19.5. The minimum atomic E-state index is -0.816. The Morgan fingerprint density at radius 2 is 1.84 bits per heavy atom. The van der Waals surface area contributed by atoms with Crippen molar-refractivity contribution in [2.24, 2.45) is 0 Å². The zero-order chi connectivity index (χ0) is 23.8. The topological polar surface area (TPSA) is 89.8 Å². The summed E-state index contributed by atoms with van der Waals surface area (Å²) in [6, 6.07) is 11.5. The molecule has 0 bridgehead atoms. The van der Waals surface area contributed by atoms with Crippen molar-refractivity contribution < 1.29 is 19.2 Å². The van der Waals surface area contributed by atoms with Gasteiger partial charge in [0.2, 0.25) is 5.91 Å². The molecular formula is C25H32N2O5. The molecular weight excluding hydrogens is 408 g/mol. The van der Waals surface area contributed by atoms with E-state index in [1.165, 1.54) is 23.6 Å². The lowest BCUT2D eigenvalue weighted by Gasteiger charge is -2.32. The second-order valence-electron chi connectivity index (χ2n) is 7.93. The monoisotopic (exact) mass is 440 g/mol. The number of benzene rings is 2. The van der Waals surface area contributed by atoms with Gasteiger partial charge in [0.05, 0.1) is 18.0 Å². The van der Waals surface area contributed by atoms with Crippen molar-refractivity contribution >= 4 is 17.6 Å². The van der Waals surface area contributed by atoms with Crippen molar-refractivity contribution in [3.63, 3.8) is 0 Å². The molecule has 2 atom stereocenters. The number of rotatable bonds is 10. The largest absolute Gasteiger partial charge is 0.467 e. The Morgan fingerprint density at radius 1 is 1.16 bits per heavy atom. The molecule has 0 N–H and O–H groups in total. The summed E-state index contributed by atoms with van der Waals surface area (Å²) in [7, 11) is 1.31. The average Bonchev–Trinajstić information content (AvgIpc) is 2.80. The van der Waals surface area contributed by atoms with Gasteiger partial charge in [-0.3, -0.25) is 14.9 Å². The number of nitrogens with zero attached hydrogens (tertiary/aromatic N) is 2. The van der Waals surface area contributed by atoms with E-state index in [4.69, 9.17) is 4.74 Å². The number of carbonyl (C=O) groups excluding carboxylic acids is 2. The van der Waals surface area contributed by atoms with Gasteiger partial charge < -0.3 is 9.64 Å². The van der Waals surface area contributed by atoms with Crippen LogP contribution in [0, 0.1) is 17.0 Å². The number of nitro groups is 1. The fourth-order valence-electron chi connectivity index (χ4n) is 3.93. The van der Waals surface area contributed by atoms with Crippen molar-refractivity contribution in [2.75, 3.05) is 13.7 Å². The Kier molecular flexibility index (Phi) is 8.93. The molecule has 0 aromatic heterocycles. The highest BCUT2D eigenvalue weighted by Gasteiger charge is 2.35. The highest BCUT2D eigenvalue weighted by atomic mass is 16.6. The van der Waals surface area contributed by atoms with Gasteiger partial charge in [0, 0.05) is 24.6 Å². The van der Waals surface area contributed by atoms with Gasteiger partial charge in [-0.15, -0.1) is 0 Å². The zero-order valence-corrected chi connectivity index (χ0v) is 19.5. The Morgan fingerprint density at radius 3 is 2.41 bits per heavy atom. The summed E-state index contributed by atoms with van der Waals surface area (Å²) in [5, 5.41) is 11.5. The first-order valence-corrected chi connectivity index (χ1v) is 10.9. The van der Waals surface area contributed by atoms with Gasteiger partial charge >= 0.3 is 5.97 Å². The Hall–Kier alpha value is -3.22. The van der Waals surface area contributed by atoms with Gasteiger partial charge in [0.1, 0.15) is 6.04 Å². The van der Waals surface area contributed by atoms with Gasteiger partial charge in [0.15, 0.2) is 0 Å². The van der Waals surface area contributed by atoms with E-state index in [1.54, 1.807) is 25.1 Å². The van der Waals surface area contributed by atoms with Gasteiger partial charge in [-0.05, 0) is 43.4 Å². The molecule has 7 nitrogen and oxygen atoms in total. The van der Waals surface area contributed by atoms with E-state index in [-0.39, 0.29) is 11.6 Å². The smallest absolute Gasteiger partial charge is 0.328 e. The summed E-state index contributed by atoms with van der Waals surface area (Å²) in [5.74, 6) is -1.61. The summed E-state index contributed by atoms with van der Waals surface area (Å²) < 4.78 is 5.05. The summed E-state index contributed by atoms with van der Waals surface area (Å²) in [6.45, 7) is 7.98. The molecule has 0 heterocycles. The molecule has 0 spiro atoms. The third-order valence-electron chi connectivity index (χ3n) is 5.80. The van der Waals surface area contributed by atoms with Gasteiger partial charge in [-0.1, -0.05) is 50.2 Å². The maximum absolute atomic E-state index is 13.5. The molecule has 7 heteroatoms. The maximum atomic E-state index is 13.5. The second-order valence-corrected chi connectivity index (χ2v) is 7.93. The minimum absolute atomic E-state index is 0.106. The molecule has 2 rings (SSSR count). The van der Waals surface area contributed by atoms with Gasteiger partial charge in [-0.2, -0.15) is 0 Å². The SMILES string of the molecule is CCCN(C(=O)C(C)c1ccccc1[N+](=O)[O-])C(Cc1ccc(CC)cc1C)C(=O)OC. The normalized spacial score (nSPS) is 12.7. The van der Waals surface area contributed by atoms with Crippen molar-refractivity contribution in [3.8, 4) is 0 Å². The average molecular weight is 441 g/mol. The number of carbonyl (C=O) groups is 2. The molecule has 2 unspecified atom stereocenters. The number of ether oxygens (including phenoxy) is 1. The molecule has 0 aliphatic carbocycles. The maximum Gasteiger partial charge on any atom is 0.328 e. The van der Waals surface area contributed by atoms with E-state index >= 15 is 0 Å². The molecule has 0 fully saturated rings. The third kappa shape index (κ3) is 5.72. The molecule has 172 valence electrons. The van der Waals surface area contributed by atoms with Gasteiger partial charge in [0.25, 0.3) is 5.69 Å². The molecule has 0 radical (unpaired) electrons. The van der Waals surface area contributed by atoms with Crippen LogP contribution in [0.4, 0.5) is 5.69 Å². The molecule has 0 aliphatic heterocycles. The lowest BCUT2D eigenvalue weighted by Crippen LogP contribution is -2.48. The number of methoxy groups -OCH3 is 1. The molecule has 0 aliphatic rings. The number of nitro benzene ring substituents is 1. The van der Waals surface area contributed by atoms with Crippen molar-refractivity contribution in [2.45, 2.75) is 58.9 Å². The summed E-state index contributed by atoms with van der Waals surface area (Å²) in [6.07, 6.45) is 1.86. The fourth-order valence-corrected chi connectivity index (χ4v) is 3.93. The quantitative estimate of drug-likeness (QED) is 0.306. The first kappa shape index (κ1) is 25.0. The van der Waals surface area contributed by atoms with E-state index in [9.17, 15) is 19.7 Å². The van der Waals surface area contributed by atoms with Crippen LogP contribution < -0.4 is 0 Å². The summed E-state index contributed by atoms with van der Waals surface area (Å²) >= 11 is 0. The minimum Gasteiger partial charge on any atom is -0.467 e. The Bertz CT molecular complexity index is 973. The van der Waals surface area contributed by atoms with Crippen LogP contribution >= 0.6 is 0 Å². The van der Waals surface area contributed by atoms with Crippen molar-refractivity contribution in [1.82, 2.24) is 4.90 Å². The molecule has 1 amide bonds. The molecule has 0 saturated heterocycles. The first-order valence-electron chi connectivity index (χ1n) is 10.9. The predicted molar refractivity (Wildman–Crippen MR) is 124 cm³/mol. The van der Waals surface area contributed by atoms with Crippen molar-refractivity contribution in [3.05, 3.63) is 74.8 Å². The van der Waals surface area contributed by atoms with E-state index in [0.29, 0.717) is 24.9 Å². The standard InChI is InChI=1S/C25H32N2O5/c1-6-14-26(24(28)18(4)21-10-8-9-11-22(21)27(30)31)23(25(29)32-5)16-20-13-12-19(7-2)15-17(20)3/h8-13,15,18,23H,6-7,14,16H2,1-5H3. The van der Waals surface area contributed by atoms with Crippen LogP contribution in [0.25, 0.3) is 0 Å². The summed E-state index contributed by atoms with van der Waals surface area (Å²) in [5.41, 5.74) is 3.44. The van der Waals surface area contributed by atoms with Gasteiger partial charge in [-0.25, -0.2) is 4.79 Å². The van der Waals surface area contributed by atoms with E-state index in [1.807, 2.05) is 26.0 Å².